The predicted molar refractivity (Wildman–Crippen MR) is 139 cm³/mol. The minimum Gasteiger partial charge on any atom is -0.508 e. The molecule has 3 aliphatic rings. The first-order chi connectivity index (χ1) is 17.1. The van der Waals surface area contributed by atoms with Crippen molar-refractivity contribution >= 4 is 5.91 Å². The fourth-order valence-corrected chi connectivity index (χ4v) is 6.20. The van der Waals surface area contributed by atoms with E-state index in [-0.39, 0.29) is 17.7 Å². The Morgan fingerprint density at radius 3 is 2.31 bits per heavy atom. The van der Waals surface area contributed by atoms with Gasteiger partial charge in [0.05, 0.1) is 6.04 Å². The summed E-state index contributed by atoms with van der Waals surface area (Å²) in [6, 6.07) is 16.8. The summed E-state index contributed by atoms with van der Waals surface area (Å²) in [7, 11) is 0. The topological polar surface area (TPSA) is 59.0 Å². The molecule has 35 heavy (non-hydrogen) atoms. The number of hydrogen-bond acceptors (Lipinski definition) is 5. The van der Waals surface area contributed by atoms with Crippen LogP contribution in [0.3, 0.4) is 0 Å². The molecule has 0 aliphatic carbocycles. The molecule has 186 valence electrons. The van der Waals surface area contributed by atoms with Crippen LogP contribution in [0.1, 0.15) is 66.1 Å². The van der Waals surface area contributed by atoms with Crippen LogP contribution in [0, 0.1) is 0 Å². The van der Waals surface area contributed by atoms with Gasteiger partial charge in [0.2, 0.25) is 0 Å². The van der Waals surface area contributed by atoms with Crippen LogP contribution in [0.25, 0.3) is 0 Å². The van der Waals surface area contributed by atoms with Gasteiger partial charge in [-0.1, -0.05) is 43.2 Å². The summed E-state index contributed by atoms with van der Waals surface area (Å²) in [4.78, 5) is 18.1. The third-order valence-corrected chi connectivity index (χ3v) is 7.91. The van der Waals surface area contributed by atoms with Crippen LogP contribution in [-0.2, 0) is 0 Å². The van der Waals surface area contributed by atoms with Gasteiger partial charge in [0.15, 0.2) is 0 Å². The number of amides is 1. The fraction of sp³-hybridized carbons (Fsp3) is 0.483. The molecule has 2 bridgehead atoms. The summed E-state index contributed by atoms with van der Waals surface area (Å²) < 4.78 is 0. The number of benzene rings is 2. The first kappa shape index (κ1) is 24.0. The minimum atomic E-state index is -0.0385. The first-order valence-electron chi connectivity index (χ1n) is 13.2. The van der Waals surface area contributed by atoms with E-state index in [1.807, 2.05) is 30.3 Å². The number of phenols is 1. The lowest BCUT2D eigenvalue weighted by Crippen LogP contribution is -2.54. The molecule has 2 aromatic carbocycles. The van der Waals surface area contributed by atoms with Crippen LogP contribution in [0.5, 0.6) is 5.75 Å². The van der Waals surface area contributed by atoms with Gasteiger partial charge in [-0.05, 0) is 61.1 Å². The Morgan fingerprint density at radius 1 is 1.00 bits per heavy atom. The maximum Gasteiger partial charge on any atom is 0.265 e. The Hall–Kier alpha value is -2.67. The third kappa shape index (κ3) is 5.45. The standard InChI is InChI=1S/C29H38N4O2/c1-2-16-33-25-14-15-26(33)21-31(20-25)28(24-8-7-9-27(34)19-24)22-10-12-23(13-11-22)29(35)30-32-17-5-3-4-6-18-32/h2,7-13,19,25-26,28,34H,1,3-6,14-18,20-21H2,(H,30,35). The van der Waals surface area contributed by atoms with Crippen molar-refractivity contribution in [1.29, 1.82) is 0 Å². The van der Waals surface area contributed by atoms with Crippen LogP contribution in [0.4, 0.5) is 0 Å². The number of likely N-dealkylation sites (tertiary alicyclic amines) is 1. The van der Waals surface area contributed by atoms with Crippen molar-refractivity contribution in [3.63, 3.8) is 0 Å². The molecular formula is C29H38N4O2. The van der Waals surface area contributed by atoms with Gasteiger partial charge in [-0.3, -0.25) is 20.0 Å². The number of aromatic hydroxyl groups is 1. The molecule has 3 saturated heterocycles. The molecule has 0 radical (unpaired) electrons. The number of phenolic OH excluding ortho intramolecular Hbond substituents is 1. The van der Waals surface area contributed by atoms with Crippen molar-refractivity contribution in [3.05, 3.63) is 77.9 Å². The molecule has 0 spiro atoms. The number of hydrazine groups is 1. The molecule has 3 atom stereocenters. The molecule has 3 aliphatic heterocycles. The molecule has 6 heteroatoms. The summed E-state index contributed by atoms with van der Waals surface area (Å²) in [6.07, 6.45) is 9.19. The molecule has 2 aromatic rings. The van der Waals surface area contributed by atoms with Crippen molar-refractivity contribution in [2.45, 2.75) is 56.7 Å². The van der Waals surface area contributed by atoms with Crippen LogP contribution in [0.2, 0.25) is 0 Å². The summed E-state index contributed by atoms with van der Waals surface area (Å²) in [5.41, 5.74) is 6.02. The molecule has 6 nitrogen and oxygen atoms in total. The van der Waals surface area contributed by atoms with E-state index in [0.29, 0.717) is 17.6 Å². The van der Waals surface area contributed by atoms with Gasteiger partial charge in [0.25, 0.3) is 5.91 Å². The fourth-order valence-electron chi connectivity index (χ4n) is 6.20. The van der Waals surface area contributed by atoms with Gasteiger partial charge in [-0.15, -0.1) is 6.58 Å². The Labute approximate surface area is 209 Å². The van der Waals surface area contributed by atoms with Crippen LogP contribution in [-0.4, -0.2) is 70.6 Å². The molecule has 3 heterocycles. The zero-order chi connectivity index (χ0) is 24.2. The van der Waals surface area contributed by atoms with Gasteiger partial charge in [-0.25, -0.2) is 5.01 Å². The zero-order valence-electron chi connectivity index (χ0n) is 20.6. The largest absolute Gasteiger partial charge is 0.508 e. The Morgan fingerprint density at radius 2 is 1.69 bits per heavy atom. The Balaban J connectivity index is 1.36. The molecule has 1 amide bonds. The maximum atomic E-state index is 12.9. The molecular weight excluding hydrogens is 436 g/mol. The summed E-state index contributed by atoms with van der Waals surface area (Å²) in [6.45, 7) is 8.72. The molecule has 0 aromatic heterocycles. The van der Waals surface area contributed by atoms with Gasteiger partial charge < -0.3 is 5.11 Å². The van der Waals surface area contributed by atoms with E-state index >= 15 is 0 Å². The monoisotopic (exact) mass is 474 g/mol. The van der Waals surface area contributed by atoms with E-state index < -0.39 is 0 Å². The zero-order valence-corrected chi connectivity index (χ0v) is 20.6. The summed E-state index contributed by atoms with van der Waals surface area (Å²) in [5, 5.41) is 12.3. The van der Waals surface area contributed by atoms with Crippen molar-refractivity contribution in [2.75, 3.05) is 32.7 Å². The number of carbonyl (C=O) groups is 1. The van der Waals surface area contributed by atoms with E-state index in [4.69, 9.17) is 0 Å². The number of rotatable bonds is 7. The smallest absolute Gasteiger partial charge is 0.265 e. The molecule has 3 unspecified atom stereocenters. The lowest BCUT2D eigenvalue weighted by atomic mass is 9.94. The summed E-state index contributed by atoms with van der Waals surface area (Å²) in [5.74, 6) is 0.248. The minimum absolute atomic E-state index is 0.0385. The third-order valence-electron chi connectivity index (χ3n) is 7.91. The number of piperazine rings is 1. The second kappa shape index (κ2) is 10.9. The van der Waals surface area contributed by atoms with E-state index in [1.54, 1.807) is 6.07 Å². The Bertz CT molecular complexity index is 1000. The lowest BCUT2D eigenvalue weighted by Gasteiger charge is -2.44. The van der Waals surface area contributed by atoms with Crippen molar-refractivity contribution in [3.8, 4) is 5.75 Å². The number of hydrogen-bond donors (Lipinski definition) is 2. The average Bonchev–Trinajstić information content (AvgIpc) is 3.04. The molecule has 5 rings (SSSR count). The molecule has 2 N–H and O–H groups in total. The van der Waals surface area contributed by atoms with E-state index in [0.717, 1.165) is 56.7 Å². The van der Waals surface area contributed by atoms with E-state index in [2.05, 4.69) is 45.0 Å². The normalized spacial score (nSPS) is 24.6. The Kier molecular flexibility index (Phi) is 7.51. The van der Waals surface area contributed by atoms with Gasteiger partial charge in [0, 0.05) is 50.4 Å². The number of fused-ring (bicyclic) bond motifs is 2. The highest BCUT2D eigenvalue weighted by molar-refractivity contribution is 5.93. The number of nitrogens with zero attached hydrogens (tertiary/aromatic N) is 3. The molecule has 3 fully saturated rings. The SMILES string of the molecule is C=CCN1C2CCC1CN(C(c1ccc(C(=O)NN3CCCCCC3)cc1)c1cccc(O)c1)C2. The van der Waals surface area contributed by atoms with Gasteiger partial charge >= 0.3 is 0 Å². The predicted octanol–water partition coefficient (Wildman–Crippen LogP) is 4.34. The lowest BCUT2D eigenvalue weighted by molar-refractivity contribution is 0.0582. The van der Waals surface area contributed by atoms with Crippen molar-refractivity contribution in [1.82, 2.24) is 20.2 Å². The van der Waals surface area contributed by atoms with Gasteiger partial charge in [0.1, 0.15) is 5.75 Å². The first-order valence-corrected chi connectivity index (χ1v) is 13.2. The van der Waals surface area contributed by atoms with Crippen molar-refractivity contribution < 1.29 is 9.90 Å². The van der Waals surface area contributed by atoms with Crippen LogP contribution < -0.4 is 5.43 Å². The van der Waals surface area contributed by atoms with E-state index in [1.165, 1.54) is 25.7 Å². The maximum absolute atomic E-state index is 12.9. The second-order valence-corrected chi connectivity index (χ2v) is 10.3. The van der Waals surface area contributed by atoms with Gasteiger partial charge in [-0.2, -0.15) is 0 Å². The second-order valence-electron chi connectivity index (χ2n) is 10.3. The quantitative estimate of drug-likeness (QED) is 0.585. The highest BCUT2D eigenvalue weighted by Gasteiger charge is 2.41. The number of nitrogens with one attached hydrogen (secondary N) is 1. The number of carbonyl (C=O) groups excluding carboxylic acids is 1. The van der Waals surface area contributed by atoms with Crippen LogP contribution in [0.15, 0.2) is 61.2 Å². The van der Waals surface area contributed by atoms with Crippen LogP contribution >= 0.6 is 0 Å². The summed E-state index contributed by atoms with van der Waals surface area (Å²) >= 11 is 0. The van der Waals surface area contributed by atoms with Crippen molar-refractivity contribution in [2.24, 2.45) is 0 Å². The highest BCUT2D eigenvalue weighted by atomic mass is 16.3. The average molecular weight is 475 g/mol. The highest BCUT2D eigenvalue weighted by Crippen LogP contribution is 2.38. The van der Waals surface area contributed by atoms with E-state index in [9.17, 15) is 9.90 Å². The molecule has 0 saturated carbocycles.